The van der Waals surface area contributed by atoms with Crippen molar-refractivity contribution in [3.63, 3.8) is 0 Å². The normalized spacial score (nSPS) is 15.0. The highest BCUT2D eigenvalue weighted by Crippen LogP contribution is 2.22. The van der Waals surface area contributed by atoms with E-state index < -0.39 is 0 Å². The van der Waals surface area contributed by atoms with Crippen molar-refractivity contribution in [2.75, 3.05) is 10.6 Å². The second-order valence-electron chi connectivity index (χ2n) is 6.97. The smallest absolute Gasteiger partial charge is 0.274 e. The van der Waals surface area contributed by atoms with Gasteiger partial charge < -0.3 is 10.6 Å². The van der Waals surface area contributed by atoms with E-state index in [0.29, 0.717) is 11.7 Å². The summed E-state index contributed by atoms with van der Waals surface area (Å²) < 4.78 is 0. The van der Waals surface area contributed by atoms with Crippen LogP contribution in [0.2, 0.25) is 0 Å². The first-order valence-electron chi connectivity index (χ1n) is 9.00. The van der Waals surface area contributed by atoms with Crippen molar-refractivity contribution in [2.45, 2.75) is 58.9 Å². The highest BCUT2D eigenvalue weighted by molar-refractivity contribution is 6.03. The zero-order chi connectivity index (χ0) is 17.8. The molecule has 1 aromatic heterocycles. The second-order valence-corrected chi connectivity index (χ2v) is 6.97. The topological polar surface area (TPSA) is 66.9 Å². The molecule has 0 atom stereocenters. The number of nitrogens with one attached hydrogen (secondary N) is 2. The number of hydrogen-bond donors (Lipinski definition) is 2. The summed E-state index contributed by atoms with van der Waals surface area (Å²) in [6.45, 7) is 6.11. The number of carbonyl (C=O) groups is 1. The summed E-state index contributed by atoms with van der Waals surface area (Å²) in [5.41, 5.74) is 4.63. The minimum Gasteiger partial charge on any atom is -0.367 e. The van der Waals surface area contributed by atoms with Crippen LogP contribution in [0, 0.1) is 20.8 Å². The number of anilines is 2. The van der Waals surface area contributed by atoms with Gasteiger partial charge in [-0.2, -0.15) is 0 Å². The van der Waals surface area contributed by atoms with Crippen molar-refractivity contribution in [1.82, 2.24) is 9.97 Å². The van der Waals surface area contributed by atoms with Crippen LogP contribution in [-0.2, 0) is 0 Å². The number of carbonyl (C=O) groups excluding carboxylic acids is 1. The molecule has 0 bridgehead atoms. The molecule has 5 nitrogen and oxygen atoms in total. The van der Waals surface area contributed by atoms with E-state index >= 15 is 0 Å². The van der Waals surface area contributed by atoms with Crippen molar-refractivity contribution in [1.29, 1.82) is 0 Å². The third kappa shape index (κ3) is 4.35. The minimum absolute atomic E-state index is 0.208. The molecular weight excluding hydrogens is 312 g/mol. The maximum Gasteiger partial charge on any atom is 0.274 e. The summed E-state index contributed by atoms with van der Waals surface area (Å²) in [5.74, 6) is 0.518. The van der Waals surface area contributed by atoms with Gasteiger partial charge in [0.25, 0.3) is 5.91 Å². The molecule has 0 saturated heterocycles. The van der Waals surface area contributed by atoms with E-state index in [1.807, 2.05) is 19.9 Å². The summed E-state index contributed by atoms with van der Waals surface area (Å²) in [4.78, 5) is 21.0. The van der Waals surface area contributed by atoms with Gasteiger partial charge >= 0.3 is 0 Å². The number of hydrogen-bond acceptors (Lipinski definition) is 4. The first-order valence-corrected chi connectivity index (χ1v) is 9.00. The summed E-state index contributed by atoms with van der Waals surface area (Å²) in [6, 6.07) is 6.27. The lowest BCUT2D eigenvalue weighted by Gasteiger charge is -2.23. The quantitative estimate of drug-likeness (QED) is 0.867. The SMILES string of the molecule is Cc1cc(C)c(NC(=O)c2cc(NC3CCCCC3)ncn2)cc1C. The van der Waals surface area contributed by atoms with E-state index in [-0.39, 0.29) is 5.91 Å². The lowest BCUT2D eigenvalue weighted by atomic mass is 9.95. The molecule has 5 heteroatoms. The molecule has 0 unspecified atom stereocenters. The zero-order valence-electron chi connectivity index (χ0n) is 15.2. The maximum atomic E-state index is 12.6. The highest BCUT2D eigenvalue weighted by Gasteiger charge is 2.15. The first-order chi connectivity index (χ1) is 12.0. The Hall–Kier alpha value is -2.43. The molecule has 0 radical (unpaired) electrons. The van der Waals surface area contributed by atoms with E-state index in [1.165, 1.54) is 31.2 Å². The largest absolute Gasteiger partial charge is 0.367 e. The Kier molecular flexibility index (Phi) is 5.31. The first kappa shape index (κ1) is 17.4. The molecule has 0 aliphatic heterocycles. The van der Waals surface area contributed by atoms with Crippen LogP contribution in [0.5, 0.6) is 0 Å². The van der Waals surface area contributed by atoms with Gasteiger partial charge in [0.15, 0.2) is 0 Å². The predicted molar refractivity (Wildman–Crippen MR) is 101 cm³/mol. The second kappa shape index (κ2) is 7.64. The molecule has 1 heterocycles. The maximum absolute atomic E-state index is 12.6. The Balaban J connectivity index is 1.72. The van der Waals surface area contributed by atoms with Crippen molar-refractivity contribution in [3.8, 4) is 0 Å². The van der Waals surface area contributed by atoms with Crippen LogP contribution in [0.1, 0.15) is 59.3 Å². The molecule has 1 fully saturated rings. The zero-order valence-corrected chi connectivity index (χ0v) is 15.2. The van der Waals surface area contributed by atoms with Gasteiger partial charge in [0.05, 0.1) is 0 Å². The number of aryl methyl sites for hydroxylation is 3. The van der Waals surface area contributed by atoms with Crippen molar-refractivity contribution >= 4 is 17.4 Å². The number of benzene rings is 1. The van der Waals surface area contributed by atoms with E-state index in [9.17, 15) is 4.79 Å². The summed E-state index contributed by atoms with van der Waals surface area (Å²) in [5, 5.41) is 6.41. The van der Waals surface area contributed by atoms with Gasteiger partial charge in [-0.25, -0.2) is 9.97 Å². The molecule has 0 spiro atoms. The highest BCUT2D eigenvalue weighted by atomic mass is 16.1. The van der Waals surface area contributed by atoms with Crippen molar-refractivity contribution in [3.05, 3.63) is 46.9 Å². The predicted octanol–water partition coefficient (Wildman–Crippen LogP) is 4.40. The van der Waals surface area contributed by atoms with Gasteiger partial charge in [-0.3, -0.25) is 4.79 Å². The molecule has 1 amide bonds. The van der Waals surface area contributed by atoms with Crippen LogP contribution in [0.15, 0.2) is 24.5 Å². The van der Waals surface area contributed by atoms with Crippen molar-refractivity contribution < 1.29 is 4.79 Å². The Bertz CT molecular complexity index is 766. The molecular formula is C20H26N4O. The van der Waals surface area contributed by atoms with E-state index in [2.05, 4.69) is 33.6 Å². The molecule has 3 rings (SSSR count). The van der Waals surface area contributed by atoms with E-state index in [0.717, 1.165) is 35.5 Å². The average molecular weight is 338 g/mol. The Morgan fingerprint density at radius 3 is 2.44 bits per heavy atom. The molecule has 132 valence electrons. The molecule has 1 saturated carbocycles. The van der Waals surface area contributed by atoms with Crippen LogP contribution >= 0.6 is 0 Å². The minimum atomic E-state index is -0.208. The Labute approximate surface area is 149 Å². The third-order valence-corrected chi connectivity index (χ3v) is 4.95. The van der Waals surface area contributed by atoms with Gasteiger partial charge in [0.1, 0.15) is 17.8 Å². The number of nitrogens with zero attached hydrogens (tertiary/aromatic N) is 2. The van der Waals surface area contributed by atoms with Gasteiger partial charge in [-0.05, 0) is 56.4 Å². The van der Waals surface area contributed by atoms with E-state index in [1.54, 1.807) is 6.07 Å². The fourth-order valence-electron chi connectivity index (χ4n) is 3.30. The Morgan fingerprint density at radius 1 is 0.960 bits per heavy atom. The number of amides is 1. The number of aromatic nitrogens is 2. The molecule has 1 aliphatic carbocycles. The summed E-state index contributed by atoms with van der Waals surface area (Å²) >= 11 is 0. The lowest BCUT2D eigenvalue weighted by Crippen LogP contribution is -2.23. The van der Waals surface area contributed by atoms with Gasteiger partial charge in [0.2, 0.25) is 0 Å². The summed E-state index contributed by atoms with van der Waals surface area (Å²) in [7, 11) is 0. The molecule has 2 N–H and O–H groups in total. The molecule has 1 aliphatic rings. The molecule has 25 heavy (non-hydrogen) atoms. The van der Waals surface area contributed by atoms with Gasteiger partial charge in [0, 0.05) is 17.8 Å². The summed E-state index contributed by atoms with van der Waals surface area (Å²) in [6.07, 6.45) is 7.59. The van der Waals surface area contributed by atoms with E-state index in [4.69, 9.17) is 0 Å². The number of rotatable bonds is 4. The Morgan fingerprint density at radius 2 is 1.68 bits per heavy atom. The van der Waals surface area contributed by atoms with Crippen LogP contribution < -0.4 is 10.6 Å². The van der Waals surface area contributed by atoms with Crippen LogP contribution in [0.3, 0.4) is 0 Å². The third-order valence-electron chi connectivity index (χ3n) is 4.95. The van der Waals surface area contributed by atoms with Gasteiger partial charge in [-0.15, -0.1) is 0 Å². The fraction of sp³-hybridized carbons (Fsp3) is 0.450. The monoisotopic (exact) mass is 338 g/mol. The van der Waals surface area contributed by atoms with Crippen LogP contribution in [0.25, 0.3) is 0 Å². The average Bonchev–Trinajstić information content (AvgIpc) is 2.61. The molecule has 1 aromatic carbocycles. The lowest BCUT2D eigenvalue weighted by molar-refractivity contribution is 0.102. The van der Waals surface area contributed by atoms with Gasteiger partial charge in [-0.1, -0.05) is 25.3 Å². The van der Waals surface area contributed by atoms with Crippen molar-refractivity contribution in [2.24, 2.45) is 0 Å². The standard InChI is InChI=1S/C20H26N4O/c1-13-9-15(3)17(10-14(13)2)24-20(25)18-11-19(22-12-21-18)23-16-7-5-4-6-8-16/h9-12,16H,4-8H2,1-3H3,(H,24,25)(H,21,22,23). The molecule has 2 aromatic rings. The fourth-order valence-corrected chi connectivity index (χ4v) is 3.30. The van der Waals surface area contributed by atoms with Crippen LogP contribution in [0.4, 0.5) is 11.5 Å². The van der Waals surface area contributed by atoms with Crippen LogP contribution in [-0.4, -0.2) is 21.9 Å².